The molecule has 11 heteroatoms. The van der Waals surface area contributed by atoms with E-state index in [1.807, 2.05) is 13.8 Å². The number of nitrogen functional groups attached to an aromatic ring is 1. The maximum atomic E-state index is 13.1. The van der Waals surface area contributed by atoms with Gasteiger partial charge in [0, 0.05) is 19.7 Å². The van der Waals surface area contributed by atoms with Crippen molar-refractivity contribution in [2.45, 2.75) is 26.4 Å². The molecule has 0 atom stereocenters. The minimum Gasteiger partial charge on any atom is -0.435 e. The molecule has 0 spiro atoms. The minimum absolute atomic E-state index is 0.0382. The molecule has 0 fully saturated rings. The summed E-state index contributed by atoms with van der Waals surface area (Å²) in [5.41, 5.74) is 5.59. The summed E-state index contributed by atoms with van der Waals surface area (Å²) in [6, 6.07) is 5.31. The number of ether oxygens (including phenoxy) is 1. The number of hydrogen-bond acceptors (Lipinski definition) is 7. The molecular formula is C20H20F2N4O4S. The lowest BCUT2D eigenvalue weighted by Crippen LogP contribution is -2.39. The summed E-state index contributed by atoms with van der Waals surface area (Å²) in [6.07, 6.45) is 0. The maximum absolute atomic E-state index is 13.1. The molecule has 0 aliphatic rings. The van der Waals surface area contributed by atoms with Gasteiger partial charge in [-0.25, -0.2) is 9.78 Å². The lowest BCUT2D eigenvalue weighted by atomic mass is 10.0. The molecule has 31 heavy (non-hydrogen) atoms. The third-order valence-electron chi connectivity index (χ3n) is 4.67. The van der Waals surface area contributed by atoms with Crippen LogP contribution in [0, 0.1) is 0 Å². The average Bonchev–Trinajstić information content (AvgIpc) is 3.16. The van der Waals surface area contributed by atoms with Crippen molar-refractivity contribution in [3.05, 3.63) is 61.2 Å². The van der Waals surface area contributed by atoms with E-state index in [1.54, 1.807) is 0 Å². The fourth-order valence-corrected chi connectivity index (χ4v) is 4.20. The highest BCUT2D eigenvalue weighted by Gasteiger charge is 2.26. The van der Waals surface area contributed by atoms with Crippen LogP contribution in [0.2, 0.25) is 0 Å². The van der Waals surface area contributed by atoms with Crippen LogP contribution in [-0.2, 0) is 14.1 Å². The molecule has 3 rings (SSSR count). The number of anilines is 1. The summed E-state index contributed by atoms with van der Waals surface area (Å²) in [7, 11) is 2.77. The molecule has 0 aliphatic heterocycles. The zero-order valence-corrected chi connectivity index (χ0v) is 18.0. The Balaban J connectivity index is 2.12. The van der Waals surface area contributed by atoms with E-state index in [4.69, 9.17) is 5.73 Å². The highest BCUT2D eigenvalue weighted by atomic mass is 32.1. The number of carbonyl (C=O) groups excluding carboxylic acids is 1. The second-order valence-electron chi connectivity index (χ2n) is 7.09. The van der Waals surface area contributed by atoms with E-state index in [1.165, 1.54) is 38.4 Å². The van der Waals surface area contributed by atoms with Crippen molar-refractivity contribution >= 4 is 22.9 Å². The quantitative estimate of drug-likeness (QED) is 0.579. The summed E-state index contributed by atoms with van der Waals surface area (Å²) in [5.74, 6) is -0.647. The Kier molecular flexibility index (Phi) is 6.07. The Labute approximate surface area is 179 Å². The molecule has 0 saturated carbocycles. The fourth-order valence-electron chi connectivity index (χ4n) is 2.97. The first-order valence-corrected chi connectivity index (χ1v) is 10.0. The van der Waals surface area contributed by atoms with Crippen LogP contribution in [0.15, 0.2) is 33.9 Å². The molecule has 2 aromatic heterocycles. The van der Waals surface area contributed by atoms with Gasteiger partial charge in [-0.3, -0.25) is 18.7 Å². The third kappa shape index (κ3) is 4.13. The molecule has 1 aromatic carbocycles. The molecule has 0 bridgehead atoms. The van der Waals surface area contributed by atoms with Gasteiger partial charge in [0.25, 0.3) is 5.56 Å². The van der Waals surface area contributed by atoms with Gasteiger partial charge in [-0.2, -0.15) is 8.78 Å². The van der Waals surface area contributed by atoms with Crippen molar-refractivity contribution in [1.29, 1.82) is 0 Å². The molecule has 0 radical (unpaired) electrons. The molecular weight excluding hydrogens is 430 g/mol. The van der Waals surface area contributed by atoms with Gasteiger partial charge in [0.05, 0.1) is 10.6 Å². The summed E-state index contributed by atoms with van der Waals surface area (Å²) < 4.78 is 31.0. The van der Waals surface area contributed by atoms with E-state index in [9.17, 15) is 23.2 Å². The second-order valence-corrected chi connectivity index (χ2v) is 8.09. The molecule has 2 heterocycles. The second kappa shape index (κ2) is 8.42. The number of nitrogens with two attached hydrogens (primary N) is 1. The molecule has 0 aliphatic carbocycles. The van der Waals surface area contributed by atoms with E-state index < -0.39 is 17.9 Å². The minimum atomic E-state index is -2.96. The van der Waals surface area contributed by atoms with Gasteiger partial charge in [0.1, 0.15) is 22.1 Å². The van der Waals surface area contributed by atoms with Crippen molar-refractivity contribution in [2.75, 3.05) is 5.73 Å². The molecule has 8 nitrogen and oxygen atoms in total. The van der Waals surface area contributed by atoms with Crippen molar-refractivity contribution in [3.8, 4) is 16.3 Å². The van der Waals surface area contributed by atoms with Gasteiger partial charge >= 0.3 is 12.3 Å². The number of aromatic nitrogens is 3. The normalized spacial score (nSPS) is 11.4. The van der Waals surface area contributed by atoms with Gasteiger partial charge in [-0.05, 0) is 30.2 Å². The maximum Gasteiger partial charge on any atom is 0.387 e. The Bertz CT molecular complexity index is 1260. The van der Waals surface area contributed by atoms with E-state index in [0.29, 0.717) is 10.6 Å². The smallest absolute Gasteiger partial charge is 0.387 e. The van der Waals surface area contributed by atoms with E-state index in [-0.39, 0.29) is 39.4 Å². The van der Waals surface area contributed by atoms with Gasteiger partial charge in [-0.15, -0.1) is 11.3 Å². The number of benzene rings is 1. The van der Waals surface area contributed by atoms with Crippen LogP contribution in [0.4, 0.5) is 14.6 Å². The van der Waals surface area contributed by atoms with Crippen LogP contribution < -0.4 is 21.7 Å². The highest BCUT2D eigenvalue weighted by molar-refractivity contribution is 7.17. The summed E-state index contributed by atoms with van der Waals surface area (Å²) in [6.45, 7) is 0.725. The molecule has 0 amide bonds. The van der Waals surface area contributed by atoms with Crippen LogP contribution >= 0.6 is 11.3 Å². The molecule has 0 saturated heterocycles. The number of nitrogens with zero attached hydrogens (tertiary/aromatic N) is 3. The van der Waals surface area contributed by atoms with E-state index in [0.717, 1.165) is 20.5 Å². The third-order valence-corrected chi connectivity index (χ3v) is 5.76. The molecule has 0 unspecified atom stereocenters. The predicted molar refractivity (Wildman–Crippen MR) is 113 cm³/mol. The lowest BCUT2D eigenvalue weighted by Gasteiger charge is -2.09. The van der Waals surface area contributed by atoms with Crippen molar-refractivity contribution in [3.63, 3.8) is 0 Å². The van der Waals surface area contributed by atoms with Gasteiger partial charge in [0.2, 0.25) is 5.78 Å². The molecule has 3 aromatic rings. The first-order chi connectivity index (χ1) is 14.5. The SMILES string of the molecule is CC(C)c1nc(-c2c(N)n(C)c(=O)n(C)c2=O)sc1C(=O)c1ccc(OC(F)F)cc1. The number of thiazole rings is 1. The molecule has 164 valence electrons. The summed E-state index contributed by atoms with van der Waals surface area (Å²) >= 11 is 0.990. The standard InChI is InChI=1S/C20H20F2N4O4S/c1-9(2)13-15(14(27)10-5-7-11(8-6-10)30-19(21)22)31-17(24-13)12-16(23)25(3)20(29)26(4)18(12)28/h5-9,19H,23H2,1-4H3. The number of rotatable bonds is 6. The van der Waals surface area contributed by atoms with Crippen molar-refractivity contribution in [2.24, 2.45) is 14.1 Å². The van der Waals surface area contributed by atoms with Crippen LogP contribution in [-0.4, -0.2) is 26.5 Å². The first kappa shape index (κ1) is 22.3. The fraction of sp³-hybridized carbons (Fsp3) is 0.300. The average molecular weight is 450 g/mol. The van der Waals surface area contributed by atoms with Crippen LogP contribution in [0.3, 0.4) is 0 Å². The monoisotopic (exact) mass is 450 g/mol. The van der Waals surface area contributed by atoms with Crippen molar-refractivity contribution in [1.82, 2.24) is 14.1 Å². The van der Waals surface area contributed by atoms with Crippen LogP contribution in [0.5, 0.6) is 5.75 Å². The summed E-state index contributed by atoms with van der Waals surface area (Å²) in [4.78, 5) is 42.7. The zero-order valence-electron chi connectivity index (χ0n) is 17.2. The Hall–Kier alpha value is -3.34. The van der Waals surface area contributed by atoms with E-state index in [2.05, 4.69) is 9.72 Å². The van der Waals surface area contributed by atoms with Crippen molar-refractivity contribution < 1.29 is 18.3 Å². The van der Waals surface area contributed by atoms with Gasteiger partial charge in [0.15, 0.2) is 0 Å². The Morgan fingerprint density at radius 3 is 2.29 bits per heavy atom. The van der Waals surface area contributed by atoms with Crippen LogP contribution in [0.1, 0.15) is 40.7 Å². The number of halogens is 2. The summed E-state index contributed by atoms with van der Waals surface area (Å²) in [5, 5.41) is 0.221. The lowest BCUT2D eigenvalue weighted by molar-refractivity contribution is -0.0498. The Morgan fingerprint density at radius 2 is 1.74 bits per heavy atom. The highest BCUT2D eigenvalue weighted by Crippen LogP contribution is 2.34. The topological polar surface area (TPSA) is 109 Å². The number of ketones is 1. The number of alkyl halides is 2. The number of hydrogen-bond donors (Lipinski definition) is 1. The largest absolute Gasteiger partial charge is 0.435 e. The molecule has 2 N–H and O–H groups in total. The van der Waals surface area contributed by atoms with Gasteiger partial charge < -0.3 is 10.5 Å². The van der Waals surface area contributed by atoms with E-state index >= 15 is 0 Å². The predicted octanol–water partition coefficient (Wildman–Crippen LogP) is 2.75. The first-order valence-electron chi connectivity index (χ1n) is 9.19. The van der Waals surface area contributed by atoms with Gasteiger partial charge in [-0.1, -0.05) is 13.8 Å². The zero-order chi connectivity index (χ0) is 23.0. The Morgan fingerprint density at radius 1 is 1.13 bits per heavy atom. The number of carbonyl (C=O) groups is 1. The van der Waals surface area contributed by atoms with Crippen LogP contribution in [0.25, 0.3) is 10.6 Å².